The van der Waals surface area contributed by atoms with E-state index in [9.17, 15) is 19.2 Å². The lowest BCUT2D eigenvalue weighted by molar-refractivity contribution is -0.116. The number of carbonyl (C=O) groups excluding carboxylic acids is 3. The number of amides is 2. The normalized spacial score (nSPS) is 10.3. The number of anilines is 1. The summed E-state index contributed by atoms with van der Waals surface area (Å²) in [4.78, 5) is 57.8. The standard InChI is InChI=1S/C21H19N5O4/c1-25(2)21(30)20-16(13-27)17(28)7-9-26(20)12-19(29)24-18-6-5-15(11-23-18)14-4-3-8-22-10-14/h3-11,13H,12H2,1-2H3,(H,23,24,29). The summed E-state index contributed by atoms with van der Waals surface area (Å²) in [6.07, 6.45) is 6.63. The largest absolute Gasteiger partial charge is 0.343 e. The van der Waals surface area contributed by atoms with Gasteiger partial charge in [0.15, 0.2) is 11.7 Å². The van der Waals surface area contributed by atoms with Gasteiger partial charge in [0.1, 0.15) is 18.1 Å². The summed E-state index contributed by atoms with van der Waals surface area (Å²) in [6, 6.07) is 8.30. The lowest BCUT2D eigenvalue weighted by Gasteiger charge is -2.17. The Morgan fingerprint density at radius 3 is 2.50 bits per heavy atom. The Bertz CT molecular complexity index is 1140. The second-order valence-corrected chi connectivity index (χ2v) is 6.61. The quantitative estimate of drug-likeness (QED) is 0.621. The van der Waals surface area contributed by atoms with Crippen molar-refractivity contribution in [3.8, 4) is 11.1 Å². The first-order chi connectivity index (χ1) is 14.4. The lowest BCUT2D eigenvalue weighted by Crippen LogP contribution is -2.32. The summed E-state index contributed by atoms with van der Waals surface area (Å²) in [7, 11) is 2.99. The van der Waals surface area contributed by atoms with E-state index in [0.29, 0.717) is 12.1 Å². The van der Waals surface area contributed by atoms with Crippen molar-refractivity contribution in [1.29, 1.82) is 0 Å². The van der Waals surface area contributed by atoms with Gasteiger partial charge in [-0.3, -0.25) is 24.2 Å². The smallest absolute Gasteiger partial charge is 0.270 e. The van der Waals surface area contributed by atoms with Gasteiger partial charge < -0.3 is 14.8 Å². The van der Waals surface area contributed by atoms with Crippen molar-refractivity contribution in [3.05, 3.63) is 76.6 Å². The number of rotatable bonds is 6. The highest BCUT2D eigenvalue weighted by Crippen LogP contribution is 2.18. The molecule has 0 saturated carbocycles. The molecule has 3 heterocycles. The predicted octanol–water partition coefficient (Wildman–Crippen LogP) is 1.46. The fourth-order valence-corrected chi connectivity index (χ4v) is 2.80. The molecular formula is C21H19N5O4. The molecule has 0 bridgehead atoms. The van der Waals surface area contributed by atoms with Crippen LogP contribution < -0.4 is 10.7 Å². The minimum atomic E-state index is -0.584. The summed E-state index contributed by atoms with van der Waals surface area (Å²) in [5.74, 6) is -0.698. The molecule has 3 rings (SSSR count). The average Bonchev–Trinajstić information content (AvgIpc) is 2.75. The molecule has 30 heavy (non-hydrogen) atoms. The zero-order chi connectivity index (χ0) is 21.7. The first kappa shape index (κ1) is 20.6. The molecule has 0 spiro atoms. The number of nitrogens with one attached hydrogen (secondary N) is 1. The predicted molar refractivity (Wildman–Crippen MR) is 110 cm³/mol. The topological polar surface area (TPSA) is 114 Å². The summed E-state index contributed by atoms with van der Waals surface area (Å²) in [5, 5.41) is 2.64. The van der Waals surface area contributed by atoms with Crippen LogP contribution in [0.3, 0.4) is 0 Å². The van der Waals surface area contributed by atoms with Gasteiger partial charge in [0.2, 0.25) is 5.91 Å². The summed E-state index contributed by atoms with van der Waals surface area (Å²) < 4.78 is 1.27. The third-order valence-corrected chi connectivity index (χ3v) is 4.28. The molecule has 0 aliphatic heterocycles. The van der Waals surface area contributed by atoms with Crippen molar-refractivity contribution in [2.24, 2.45) is 0 Å². The third-order valence-electron chi connectivity index (χ3n) is 4.28. The molecule has 3 aromatic heterocycles. The van der Waals surface area contributed by atoms with E-state index in [0.717, 1.165) is 17.2 Å². The van der Waals surface area contributed by atoms with Crippen molar-refractivity contribution >= 4 is 23.9 Å². The van der Waals surface area contributed by atoms with E-state index in [4.69, 9.17) is 0 Å². The van der Waals surface area contributed by atoms with Crippen LogP contribution in [0, 0.1) is 0 Å². The molecule has 0 fully saturated rings. The first-order valence-electron chi connectivity index (χ1n) is 8.97. The maximum Gasteiger partial charge on any atom is 0.270 e. The maximum absolute atomic E-state index is 12.5. The van der Waals surface area contributed by atoms with E-state index in [2.05, 4.69) is 15.3 Å². The summed E-state index contributed by atoms with van der Waals surface area (Å²) in [6.45, 7) is -0.276. The Kier molecular flexibility index (Phi) is 6.11. The molecule has 9 nitrogen and oxygen atoms in total. The monoisotopic (exact) mass is 405 g/mol. The second kappa shape index (κ2) is 8.91. The highest BCUT2D eigenvalue weighted by molar-refractivity contribution is 6.00. The van der Waals surface area contributed by atoms with Gasteiger partial charge in [-0.05, 0) is 18.2 Å². The molecule has 9 heteroatoms. The van der Waals surface area contributed by atoms with Gasteiger partial charge in [-0.15, -0.1) is 0 Å². The number of hydrogen-bond donors (Lipinski definition) is 1. The SMILES string of the molecule is CN(C)C(=O)c1c(C=O)c(=O)ccn1CC(=O)Nc1ccc(-c2cccnc2)cn1. The van der Waals surface area contributed by atoms with E-state index < -0.39 is 17.2 Å². The Morgan fingerprint density at radius 1 is 1.13 bits per heavy atom. The van der Waals surface area contributed by atoms with Crippen LogP contribution in [0.4, 0.5) is 5.82 Å². The van der Waals surface area contributed by atoms with Crippen LogP contribution in [0.5, 0.6) is 0 Å². The van der Waals surface area contributed by atoms with Gasteiger partial charge in [-0.25, -0.2) is 4.98 Å². The molecule has 0 radical (unpaired) electrons. The van der Waals surface area contributed by atoms with Crippen LogP contribution in [-0.2, 0) is 11.3 Å². The number of hydrogen-bond acceptors (Lipinski definition) is 6. The number of aromatic nitrogens is 3. The summed E-state index contributed by atoms with van der Waals surface area (Å²) in [5.41, 5.74) is 0.723. The Hall–Kier alpha value is -4.14. The molecule has 2 amide bonds. The van der Waals surface area contributed by atoms with Crippen molar-refractivity contribution in [2.75, 3.05) is 19.4 Å². The van der Waals surface area contributed by atoms with Gasteiger partial charge in [0.25, 0.3) is 5.91 Å². The minimum absolute atomic E-state index is 0.141. The van der Waals surface area contributed by atoms with Gasteiger partial charge in [0.05, 0.1) is 5.56 Å². The van der Waals surface area contributed by atoms with Crippen LogP contribution in [0.2, 0.25) is 0 Å². The zero-order valence-corrected chi connectivity index (χ0v) is 16.4. The number of carbonyl (C=O) groups is 3. The van der Waals surface area contributed by atoms with Crippen molar-refractivity contribution in [2.45, 2.75) is 6.54 Å². The van der Waals surface area contributed by atoms with E-state index in [1.807, 2.05) is 12.1 Å². The third kappa shape index (κ3) is 4.46. The van der Waals surface area contributed by atoms with Gasteiger partial charge in [0, 0.05) is 56.1 Å². The highest BCUT2D eigenvalue weighted by atomic mass is 16.2. The number of pyridine rings is 3. The zero-order valence-electron chi connectivity index (χ0n) is 16.4. The Morgan fingerprint density at radius 2 is 1.90 bits per heavy atom. The fourth-order valence-electron chi connectivity index (χ4n) is 2.80. The fraction of sp³-hybridized carbons (Fsp3) is 0.143. The van der Waals surface area contributed by atoms with Crippen LogP contribution in [0.1, 0.15) is 20.8 Å². The highest BCUT2D eigenvalue weighted by Gasteiger charge is 2.21. The molecule has 0 aromatic carbocycles. The van der Waals surface area contributed by atoms with Crippen LogP contribution in [-0.4, -0.2) is 51.6 Å². The summed E-state index contributed by atoms with van der Waals surface area (Å²) >= 11 is 0. The average molecular weight is 405 g/mol. The van der Waals surface area contributed by atoms with Crippen molar-refractivity contribution in [3.63, 3.8) is 0 Å². The molecule has 1 N–H and O–H groups in total. The van der Waals surface area contributed by atoms with E-state index in [1.54, 1.807) is 30.7 Å². The molecule has 3 aromatic rings. The number of nitrogens with zero attached hydrogens (tertiary/aromatic N) is 4. The molecule has 0 unspecified atom stereocenters. The Balaban J connectivity index is 1.80. The second-order valence-electron chi connectivity index (χ2n) is 6.61. The molecular weight excluding hydrogens is 386 g/mol. The van der Waals surface area contributed by atoms with Crippen molar-refractivity contribution in [1.82, 2.24) is 19.4 Å². The van der Waals surface area contributed by atoms with Gasteiger partial charge in [-0.1, -0.05) is 6.07 Å². The van der Waals surface area contributed by atoms with Crippen LogP contribution in [0.15, 0.2) is 59.9 Å². The molecule has 0 atom stereocenters. The van der Waals surface area contributed by atoms with Crippen LogP contribution in [0.25, 0.3) is 11.1 Å². The van der Waals surface area contributed by atoms with E-state index >= 15 is 0 Å². The molecule has 152 valence electrons. The molecule has 0 saturated heterocycles. The lowest BCUT2D eigenvalue weighted by atomic mass is 10.1. The Labute approximate surface area is 172 Å². The van der Waals surface area contributed by atoms with Gasteiger partial charge >= 0.3 is 0 Å². The van der Waals surface area contributed by atoms with E-state index in [1.165, 1.54) is 29.8 Å². The minimum Gasteiger partial charge on any atom is -0.343 e. The molecule has 0 aliphatic rings. The maximum atomic E-state index is 12.5. The number of aldehydes is 1. The van der Waals surface area contributed by atoms with Gasteiger partial charge in [-0.2, -0.15) is 0 Å². The van der Waals surface area contributed by atoms with Crippen molar-refractivity contribution < 1.29 is 14.4 Å². The first-order valence-corrected chi connectivity index (χ1v) is 8.97. The van der Waals surface area contributed by atoms with E-state index in [-0.39, 0.29) is 17.8 Å². The molecule has 0 aliphatic carbocycles. The van der Waals surface area contributed by atoms with Crippen LogP contribution >= 0.6 is 0 Å².